The quantitative estimate of drug-likeness (QED) is 0.462. The fourth-order valence-corrected chi connectivity index (χ4v) is 6.43. The van der Waals surface area contributed by atoms with E-state index in [-0.39, 0.29) is 4.90 Å². The summed E-state index contributed by atoms with van der Waals surface area (Å²) in [7, 11) is -2.01. The lowest BCUT2D eigenvalue weighted by Crippen LogP contribution is -2.51. The molecule has 5 rings (SSSR count). The summed E-state index contributed by atoms with van der Waals surface area (Å²) in [6.45, 7) is 3.30. The zero-order chi connectivity index (χ0) is 25.9. The van der Waals surface area contributed by atoms with Crippen molar-refractivity contribution in [3.05, 3.63) is 60.8 Å². The molecule has 37 heavy (non-hydrogen) atoms. The van der Waals surface area contributed by atoms with Gasteiger partial charge < -0.3 is 20.1 Å². The van der Waals surface area contributed by atoms with Crippen LogP contribution in [0.5, 0.6) is 5.75 Å². The fourth-order valence-electron chi connectivity index (χ4n) is 4.99. The highest BCUT2D eigenvalue weighted by atomic mass is 32.2. The first-order chi connectivity index (χ1) is 17.8. The maximum absolute atomic E-state index is 13.2. The second-order valence-electron chi connectivity index (χ2n) is 9.76. The molecule has 0 amide bonds. The predicted octanol–water partition coefficient (Wildman–Crippen LogP) is 3.51. The van der Waals surface area contributed by atoms with Crippen molar-refractivity contribution in [1.82, 2.24) is 19.2 Å². The molecular formula is C27H33N5O4S. The topological polar surface area (TPSA) is 108 Å². The van der Waals surface area contributed by atoms with Gasteiger partial charge in [-0.3, -0.25) is 0 Å². The number of ether oxygens (including phenoxy) is 1. The van der Waals surface area contributed by atoms with E-state index in [2.05, 4.69) is 20.2 Å². The normalized spacial score (nSPS) is 18.5. The summed E-state index contributed by atoms with van der Waals surface area (Å²) in [6, 6.07) is 16.0. The van der Waals surface area contributed by atoms with E-state index in [1.807, 2.05) is 30.3 Å². The van der Waals surface area contributed by atoms with Crippen LogP contribution in [-0.4, -0.2) is 78.1 Å². The SMILES string of the molecule is COc1ccc(-c2ccnc(Nc3ccc(S(=O)(=O)N4CCC(O)(CN5CCCC5)CC4)cc3)n2)cc1. The molecule has 2 fully saturated rings. The number of anilines is 2. The molecule has 2 aliphatic heterocycles. The second-order valence-corrected chi connectivity index (χ2v) is 11.7. The summed E-state index contributed by atoms with van der Waals surface area (Å²) >= 11 is 0. The van der Waals surface area contributed by atoms with Crippen LogP contribution in [0.4, 0.5) is 11.6 Å². The van der Waals surface area contributed by atoms with Gasteiger partial charge in [0.05, 0.1) is 23.3 Å². The molecule has 9 nitrogen and oxygen atoms in total. The summed E-state index contributed by atoms with van der Waals surface area (Å²) in [5, 5.41) is 14.1. The number of hydrogen-bond acceptors (Lipinski definition) is 8. The van der Waals surface area contributed by atoms with Crippen molar-refractivity contribution in [2.45, 2.75) is 36.2 Å². The molecule has 0 unspecified atom stereocenters. The maximum Gasteiger partial charge on any atom is 0.243 e. The van der Waals surface area contributed by atoms with Crippen LogP contribution in [0.1, 0.15) is 25.7 Å². The number of aliphatic hydroxyl groups is 1. The Balaban J connectivity index is 1.22. The van der Waals surface area contributed by atoms with E-state index in [4.69, 9.17) is 4.74 Å². The number of β-amino-alcohol motifs (C(OH)–C–C–N with tert-alkyl or cyclic N) is 1. The molecular weight excluding hydrogens is 490 g/mol. The third-order valence-electron chi connectivity index (χ3n) is 7.16. The molecule has 0 spiro atoms. The summed E-state index contributed by atoms with van der Waals surface area (Å²) in [6.07, 6.45) is 4.91. The van der Waals surface area contributed by atoms with Crippen molar-refractivity contribution in [2.24, 2.45) is 0 Å². The van der Waals surface area contributed by atoms with Crippen LogP contribution in [0.25, 0.3) is 11.3 Å². The van der Waals surface area contributed by atoms with Crippen molar-refractivity contribution in [3.63, 3.8) is 0 Å². The first-order valence-corrected chi connectivity index (χ1v) is 14.1. The first-order valence-electron chi connectivity index (χ1n) is 12.6. The lowest BCUT2D eigenvalue weighted by Gasteiger charge is -2.39. The Bertz CT molecular complexity index is 1300. The monoisotopic (exact) mass is 523 g/mol. The molecule has 2 N–H and O–H groups in total. The van der Waals surface area contributed by atoms with E-state index < -0.39 is 15.6 Å². The van der Waals surface area contributed by atoms with Gasteiger partial charge in [0.2, 0.25) is 16.0 Å². The van der Waals surface area contributed by atoms with Crippen molar-refractivity contribution in [2.75, 3.05) is 45.2 Å². The number of methoxy groups -OCH3 is 1. The summed E-state index contributed by atoms with van der Waals surface area (Å²) < 4.78 is 33.2. The van der Waals surface area contributed by atoms with Gasteiger partial charge in [-0.25, -0.2) is 18.4 Å². The van der Waals surface area contributed by atoms with Crippen LogP contribution in [-0.2, 0) is 10.0 Å². The van der Waals surface area contributed by atoms with E-state index in [0.29, 0.717) is 44.1 Å². The van der Waals surface area contributed by atoms with E-state index in [9.17, 15) is 13.5 Å². The van der Waals surface area contributed by atoms with Gasteiger partial charge in [-0.15, -0.1) is 0 Å². The Morgan fingerprint density at radius 2 is 1.65 bits per heavy atom. The molecule has 3 aromatic rings. The highest BCUT2D eigenvalue weighted by Gasteiger charge is 2.38. The van der Waals surface area contributed by atoms with Gasteiger partial charge in [-0.1, -0.05) is 0 Å². The maximum atomic E-state index is 13.2. The smallest absolute Gasteiger partial charge is 0.243 e. The van der Waals surface area contributed by atoms with E-state index in [1.165, 1.54) is 17.1 Å². The Kier molecular flexibility index (Phi) is 7.43. The number of piperidine rings is 1. The number of nitrogens with zero attached hydrogens (tertiary/aromatic N) is 4. The zero-order valence-electron chi connectivity index (χ0n) is 21.0. The largest absolute Gasteiger partial charge is 0.497 e. The number of rotatable bonds is 8. The molecule has 2 aromatic carbocycles. The van der Waals surface area contributed by atoms with Crippen molar-refractivity contribution >= 4 is 21.7 Å². The van der Waals surface area contributed by atoms with Gasteiger partial charge in [0, 0.05) is 37.1 Å². The molecule has 1 aromatic heterocycles. The molecule has 2 aliphatic rings. The second kappa shape index (κ2) is 10.7. The third-order valence-corrected chi connectivity index (χ3v) is 9.07. The van der Waals surface area contributed by atoms with Crippen LogP contribution < -0.4 is 10.1 Å². The van der Waals surface area contributed by atoms with Crippen LogP contribution in [0.15, 0.2) is 65.7 Å². The minimum absolute atomic E-state index is 0.232. The van der Waals surface area contributed by atoms with E-state index in [1.54, 1.807) is 37.6 Å². The third kappa shape index (κ3) is 5.93. The lowest BCUT2D eigenvalue weighted by atomic mass is 9.92. The van der Waals surface area contributed by atoms with Crippen LogP contribution in [0.3, 0.4) is 0 Å². The summed E-state index contributed by atoms with van der Waals surface area (Å²) in [4.78, 5) is 11.4. The van der Waals surface area contributed by atoms with Gasteiger partial charge in [0.15, 0.2) is 0 Å². The summed E-state index contributed by atoms with van der Waals surface area (Å²) in [5.74, 6) is 1.19. The highest BCUT2D eigenvalue weighted by molar-refractivity contribution is 7.89. The number of sulfonamides is 1. The molecule has 196 valence electrons. The van der Waals surface area contributed by atoms with Gasteiger partial charge in [-0.05, 0) is 93.4 Å². The minimum atomic E-state index is -3.64. The average molecular weight is 524 g/mol. The molecule has 0 saturated carbocycles. The first kappa shape index (κ1) is 25.6. The lowest BCUT2D eigenvalue weighted by molar-refractivity contribution is -0.0284. The number of hydrogen-bond donors (Lipinski definition) is 2. The number of aromatic nitrogens is 2. The Morgan fingerprint density at radius 1 is 0.973 bits per heavy atom. The summed E-state index contributed by atoms with van der Waals surface area (Å²) in [5.41, 5.74) is 1.56. The van der Waals surface area contributed by atoms with E-state index in [0.717, 1.165) is 30.1 Å². The molecule has 2 saturated heterocycles. The molecule has 3 heterocycles. The van der Waals surface area contributed by atoms with Crippen LogP contribution in [0, 0.1) is 0 Å². The standard InChI is InChI=1S/C27H33N5O4S/c1-36-23-8-4-21(5-9-23)25-12-15-28-26(30-25)29-22-6-10-24(11-7-22)37(34,35)32-18-13-27(33,14-19-32)20-31-16-2-3-17-31/h4-12,15,33H,2-3,13-14,16-20H2,1H3,(H,28,29,30). The van der Waals surface area contributed by atoms with Gasteiger partial charge >= 0.3 is 0 Å². The Hall–Kier alpha value is -3.05. The zero-order valence-corrected chi connectivity index (χ0v) is 21.8. The van der Waals surface area contributed by atoms with Crippen molar-refractivity contribution < 1.29 is 18.3 Å². The average Bonchev–Trinajstić information content (AvgIpc) is 3.42. The van der Waals surface area contributed by atoms with Crippen molar-refractivity contribution in [3.8, 4) is 17.0 Å². The number of nitrogens with one attached hydrogen (secondary N) is 1. The van der Waals surface area contributed by atoms with Gasteiger partial charge in [-0.2, -0.15) is 4.31 Å². The van der Waals surface area contributed by atoms with Crippen LogP contribution in [0.2, 0.25) is 0 Å². The van der Waals surface area contributed by atoms with Crippen molar-refractivity contribution in [1.29, 1.82) is 0 Å². The highest BCUT2D eigenvalue weighted by Crippen LogP contribution is 2.29. The molecule has 0 bridgehead atoms. The van der Waals surface area contributed by atoms with E-state index >= 15 is 0 Å². The Morgan fingerprint density at radius 3 is 2.30 bits per heavy atom. The minimum Gasteiger partial charge on any atom is -0.497 e. The molecule has 10 heteroatoms. The molecule has 0 aliphatic carbocycles. The number of benzene rings is 2. The number of likely N-dealkylation sites (tertiary alicyclic amines) is 1. The molecule has 0 radical (unpaired) electrons. The predicted molar refractivity (Wildman–Crippen MR) is 142 cm³/mol. The molecule has 0 atom stereocenters. The van der Waals surface area contributed by atoms with Gasteiger partial charge in [0.25, 0.3) is 0 Å². The van der Waals surface area contributed by atoms with Gasteiger partial charge in [0.1, 0.15) is 5.75 Å². The van der Waals surface area contributed by atoms with Crippen LogP contribution >= 0.6 is 0 Å². The fraction of sp³-hybridized carbons (Fsp3) is 0.407. The Labute approximate surface area is 218 Å².